The molecule has 0 saturated carbocycles. The van der Waals surface area contributed by atoms with Crippen LogP contribution in [0, 0.1) is 0 Å². The Balaban J connectivity index is 2.25. The van der Waals surface area contributed by atoms with E-state index in [4.69, 9.17) is 16.3 Å². The molecule has 116 valence electrons. The third-order valence-corrected chi connectivity index (χ3v) is 3.41. The summed E-state index contributed by atoms with van der Waals surface area (Å²) in [5.74, 6) is -0.958. The summed E-state index contributed by atoms with van der Waals surface area (Å²) in [6, 6.07) is 4.10. The van der Waals surface area contributed by atoms with E-state index in [1.807, 2.05) is 24.5 Å². The molecule has 2 N–H and O–H groups in total. The average Bonchev–Trinajstić information content (AvgIpc) is 2.45. The van der Waals surface area contributed by atoms with Gasteiger partial charge in [-0.05, 0) is 37.1 Å². The lowest BCUT2D eigenvalue weighted by Gasteiger charge is -2.15. The smallest absolute Gasteiger partial charge is 0.328 e. The van der Waals surface area contributed by atoms with Gasteiger partial charge in [0.25, 0.3) is 11.8 Å². The Morgan fingerprint density at radius 2 is 1.86 bits per heavy atom. The first-order valence-electron chi connectivity index (χ1n) is 6.75. The monoisotopic (exact) mass is 322 g/mol. The lowest BCUT2D eigenvalue weighted by molar-refractivity contribution is -0.123. The predicted octanol–water partition coefficient (Wildman–Crippen LogP) is 2.27. The molecule has 22 heavy (non-hydrogen) atoms. The lowest BCUT2D eigenvalue weighted by Crippen LogP contribution is -2.51. The van der Waals surface area contributed by atoms with E-state index in [2.05, 4.69) is 0 Å². The van der Waals surface area contributed by atoms with Gasteiger partial charge in [-0.25, -0.2) is 4.79 Å². The summed E-state index contributed by atoms with van der Waals surface area (Å²) in [5, 5.41) is 4.39. The van der Waals surface area contributed by atoms with E-state index in [1.54, 1.807) is 18.2 Å². The number of barbiturate groups is 1. The van der Waals surface area contributed by atoms with Gasteiger partial charge in [0.05, 0.1) is 11.1 Å². The Morgan fingerprint density at radius 3 is 2.41 bits per heavy atom. The Kier molecular flexibility index (Phi) is 4.82. The van der Waals surface area contributed by atoms with Crippen LogP contribution in [0.3, 0.4) is 0 Å². The number of ether oxygens (including phenoxy) is 1. The Bertz CT molecular complexity index is 648. The summed E-state index contributed by atoms with van der Waals surface area (Å²) in [6.45, 7) is 3.93. The van der Waals surface area contributed by atoms with Crippen molar-refractivity contribution in [3.63, 3.8) is 0 Å². The molecule has 2 rings (SSSR count). The molecule has 0 aliphatic carbocycles. The van der Waals surface area contributed by atoms with Crippen molar-refractivity contribution >= 4 is 35.5 Å². The van der Waals surface area contributed by atoms with Crippen LogP contribution in [-0.2, 0) is 9.59 Å². The van der Waals surface area contributed by atoms with Crippen molar-refractivity contribution in [1.82, 2.24) is 10.6 Å². The van der Waals surface area contributed by atoms with Gasteiger partial charge in [0.1, 0.15) is 11.3 Å². The van der Waals surface area contributed by atoms with Crippen molar-refractivity contribution in [2.45, 2.75) is 26.4 Å². The van der Waals surface area contributed by atoms with Gasteiger partial charge < -0.3 is 4.74 Å². The van der Waals surface area contributed by atoms with Crippen LogP contribution in [0.15, 0.2) is 23.8 Å². The number of urea groups is 1. The Hall–Kier alpha value is -2.34. The van der Waals surface area contributed by atoms with Crippen LogP contribution in [0.25, 0.3) is 6.08 Å². The van der Waals surface area contributed by atoms with Gasteiger partial charge in [-0.3, -0.25) is 20.2 Å². The molecule has 1 aliphatic rings. The molecule has 0 spiro atoms. The average molecular weight is 323 g/mol. The normalized spacial score (nSPS) is 16.0. The number of halogens is 1. The molecule has 1 saturated heterocycles. The second-order valence-corrected chi connectivity index (χ2v) is 5.23. The highest BCUT2D eigenvalue weighted by Crippen LogP contribution is 2.27. The highest BCUT2D eigenvalue weighted by atomic mass is 35.5. The number of nitrogens with one attached hydrogen (secondary N) is 2. The van der Waals surface area contributed by atoms with Crippen LogP contribution in [-0.4, -0.2) is 23.9 Å². The minimum atomic E-state index is -0.831. The van der Waals surface area contributed by atoms with Crippen LogP contribution in [0.4, 0.5) is 4.79 Å². The first-order valence-corrected chi connectivity index (χ1v) is 7.13. The first kappa shape index (κ1) is 16.0. The summed E-state index contributed by atoms with van der Waals surface area (Å²) in [4.78, 5) is 34.3. The second kappa shape index (κ2) is 6.62. The van der Waals surface area contributed by atoms with E-state index < -0.39 is 17.8 Å². The predicted molar refractivity (Wildman–Crippen MR) is 81.5 cm³/mol. The minimum Gasteiger partial charge on any atom is -0.489 e. The standard InChI is InChI=1S/C15H15ClN2O4/c1-3-8(2)22-12-5-4-9(7-11(12)16)6-10-13(19)17-15(21)18-14(10)20/h4-8H,3H2,1-2H3,(H2,17,18,19,20,21)/t8-/m0/s1. The van der Waals surface area contributed by atoms with E-state index >= 15 is 0 Å². The molecular weight excluding hydrogens is 308 g/mol. The molecule has 7 heteroatoms. The van der Waals surface area contributed by atoms with Crippen molar-refractivity contribution in [3.8, 4) is 5.75 Å². The molecule has 1 aromatic rings. The zero-order valence-corrected chi connectivity index (χ0v) is 12.9. The van der Waals surface area contributed by atoms with E-state index in [-0.39, 0.29) is 11.7 Å². The van der Waals surface area contributed by atoms with Gasteiger partial charge in [0.2, 0.25) is 0 Å². The van der Waals surface area contributed by atoms with E-state index in [0.717, 1.165) is 6.42 Å². The van der Waals surface area contributed by atoms with Gasteiger partial charge in [-0.1, -0.05) is 24.6 Å². The molecule has 1 heterocycles. The number of carbonyl (C=O) groups excluding carboxylic acids is 3. The fourth-order valence-corrected chi connectivity index (χ4v) is 2.01. The maximum Gasteiger partial charge on any atom is 0.328 e. The highest BCUT2D eigenvalue weighted by Gasteiger charge is 2.27. The fourth-order valence-electron chi connectivity index (χ4n) is 1.78. The highest BCUT2D eigenvalue weighted by molar-refractivity contribution is 6.33. The second-order valence-electron chi connectivity index (χ2n) is 4.82. The summed E-state index contributed by atoms with van der Waals surface area (Å²) < 4.78 is 5.64. The number of hydrogen-bond acceptors (Lipinski definition) is 4. The Labute approximate surface area is 132 Å². The molecule has 0 radical (unpaired) electrons. The zero-order chi connectivity index (χ0) is 16.3. The van der Waals surface area contributed by atoms with Crippen LogP contribution in [0.1, 0.15) is 25.8 Å². The third kappa shape index (κ3) is 3.65. The molecule has 1 aromatic carbocycles. The maximum atomic E-state index is 11.6. The van der Waals surface area contributed by atoms with Crippen molar-refractivity contribution in [2.24, 2.45) is 0 Å². The molecule has 1 fully saturated rings. The molecule has 0 aromatic heterocycles. The van der Waals surface area contributed by atoms with Crippen LogP contribution in [0.5, 0.6) is 5.75 Å². The summed E-state index contributed by atoms with van der Waals surface area (Å²) in [6.07, 6.45) is 2.23. The van der Waals surface area contributed by atoms with Crippen LogP contribution >= 0.6 is 11.6 Å². The molecule has 4 amide bonds. The number of benzene rings is 1. The zero-order valence-electron chi connectivity index (χ0n) is 12.1. The fraction of sp³-hybridized carbons (Fsp3) is 0.267. The Morgan fingerprint density at radius 1 is 1.23 bits per heavy atom. The number of carbonyl (C=O) groups is 3. The van der Waals surface area contributed by atoms with Crippen LogP contribution in [0.2, 0.25) is 5.02 Å². The summed E-state index contributed by atoms with van der Waals surface area (Å²) in [7, 11) is 0. The number of hydrogen-bond donors (Lipinski definition) is 2. The molecular formula is C15H15ClN2O4. The molecule has 0 bridgehead atoms. The van der Waals surface area contributed by atoms with Crippen molar-refractivity contribution < 1.29 is 19.1 Å². The van der Waals surface area contributed by atoms with Gasteiger partial charge in [0.15, 0.2) is 0 Å². The van der Waals surface area contributed by atoms with Crippen molar-refractivity contribution in [2.75, 3.05) is 0 Å². The quantitative estimate of drug-likeness (QED) is 0.658. The van der Waals surface area contributed by atoms with Gasteiger partial charge in [-0.15, -0.1) is 0 Å². The molecule has 6 nitrogen and oxygen atoms in total. The number of imide groups is 2. The van der Waals surface area contributed by atoms with E-state index in [1.165, 1.54) is 6.08 Å². The van der Waals surface area contributed by atoms with Gasteiger partial charge in [0, 0.05) is 0 Å². The number of rotatable bonds is 4. The maximum absolute atomic E-state index is 11.6. The lowest BCUT2D eigenvalue weighted by atomic mass is 10.1. The summed E-state index contributed by atoms with van der Waals surface area (Å²) >= 11 is 6.13. The minimum absolute atomic E-state index is 0.0302. The third-order valence-electron chi connectivity index (χ3n) is 3.11. The number of amides is 4. The van der Waals surface area contributed by atoms with Crippen LogP contribution < -0.4 is 15.4 Å². The first-order chi connectivity index (χ1) is 10.4. The molecule has 1 atom stereocenters. The molecule has 0 unspecified atom stereocenters. The SMILES string of the molecule is CC[C@H](C)Oc1ccc(C=C2C(=O)NC(=O)NC2=O)cc1Cl. The van der Waals surface area contributed by atoms with Gasteiger partial charge in [-0.2, -0.15) is 0 Å². The summed E-state index contributed by atoms with van der Waals surface area (Å²) in [5.41, 5.74) is 0.391. The molecule has 1 aliphatic heterocycles. The van der Waals surface area contributed by atoms with Gasteiger partial charge >= 0.3 is 6.03 Å². The van der Waals surface area contributed by atoms with E-state index in [0.29, 0.717) is 16.3 Å². The van der Waals surface area contributed by atoms with Crippen molar-refractivity contribution in [1.29, 1.82) is 0 Å². The largest absolute Gasteiger partial charge is 0.489 e. The van der Waals surface area contributed by atoms with Crippen molar-refractivity contribution in [3.05, 3.63) is 34.4 Å². The topological polar surface area (TPSA) is 84.5 Å². The van der Waals surface area contributed by atoms with E-state index in [9.17, 15) is 14.4 Å².